The van der Waals surface area contributed by atoms with E-state index in [9.17, 15) is 0 Å². The topological polar surface area (TPSA) is 26.0 Å². The molecule has 14 heavy (non-hydrogen) atoms. The molecule has 0 saturated heterocycles. The van der Waals surface area contributed by atoms with Crippen LogP contribution in [0.3, 0.4) is 0 Å². The maximum absolute atomic E-state index is 7.86. The van der Waals surface area contributed by atoms with Crippen molar-refractivity contribution in [2.75, 3.05) is 0 Å². The molecule has 70 valence electrons. The van der Waals surface area contributed by atoms with E-state index < -0.39 is 12.1 Å². The molecule has 0 fully saturated rings. The normalized spacial score (nSPS) is 17.4. The van der Waals surface area contributed by atoms with Crippen molar-refractivity contribution in [3.05, 3.63) is 71.7 Å². The van der Waals surface area contributed by atoms with Gasteiger partial charge in [-0.05, 0) is 11.1 Å². The van der Waals surface area contributed by atoms with E-state index in [-0.39, 0.29) is 29.7 Å². The number of benzene rings is 2. The lowest BCUT2D eigenvalue weighted by Gasteiger charge is -2.11. The van der Waals surface area contributed by atoms with Crippen LogP contribution in [0.4, 0.5) is 0 Å². The Morgan fingerprint density at radius 2 is 1.57 bits per heavy atom. The lowest BCUT2D eigenvalue weighted by atomic mass is 10.00. The summed E-state index contributed by atoms with van der Waals surface area (Å²) in [6.07, 6.45) is 0. The van der Waals surface area contributed by atoms with Crippen LogP contribution in [-0.2, 0) is 0 Å². The van der Waals surface area contributed by atoms with Crippen LogP contribution in [0.25, 0.3) is 0 Å². The molecule has 0 aromatic heterocycles. The van der Waals surface area contributed by atoms with Gasteiger partial charge in [-0.2, -0.15) is 0 Å². The first-order valence-corrected chi connectivity index (χ1v) is 4.32. The summed E-state index contributed by atoms with van der Waals surface area (Å²) in [5.41, 5.74) is 6.87. The zero-order valence-electron chi connectivity index (χ0n) is 12.5. The fourth-order valence-corrected chi connectivity index (χ4v) is 1.24. The Kier molecular flexibility index (Phi) is 1.38. The summed E-state index contributed by atoms with van der Waals surface area (Å²) in [4.78, 5) is 0. The fourth-order valence-electron chi connectivity index (χ4n) is 1.24. The first-order valence-electron chi connectivity index (χ1n) is 6.82. The number of hydrogen-bond acceptors (Lipinski definition) is 1. The average molecular weight is 188 g/mol. The Morgan fingerprint density at radius 1 is 0.929 bits per heavy atom. The zero-order chi connectivity index (χ0) is 14.2. The zero-order valence-corrected chi connectivity index (χ0v) is 7.54. The molecule has 0 aliphatic carbocycles. The Bertz CT molecular complexity index is 583. The van der Waals surface area contributed by atoms with E-state index in [0.717, 1.165) is 0 Å². The van der Waals surface area contributed by atoms with Crippen molar-refractivity contribution in [3.8, 4) is 0 Å². The molecule has 0 radical (unpaired) electrons. The largest absolute Gasteiger partial charge is 0.320 e. The molecular weight excluding hydrogens is 170 g/mol. The molecule has 0 amide bonds. The second-order valence-electron chi connectivity index (χ2n) is 2.93. The summed E-state index contributed by atoms with van der Waals surface area (Å²) >= 11 is 0. The number of hydrogen-bond donors (Lipinski definition) is 1. The van der Waals surface area contributed by atoms with Crippen LogP contribution in [0.1, 0.15) is 24.0 Å². The summed E-state index contributed by atoms with van der Waals surface area (Å²) in [5.74, 6) is 0. The number of rotatable bonds is 2. The van der Waals surface area contributed by atoms with E-state index in [1.165, 1.54) is 0 Å². The van der Waals surface area contributed by atoms with Gasteiger partial charge in [0.05, 0.1) is 12.9 Å². The summed E-state index contributed by atoms with van der Waals surface area (Å²) < 4.78 is 38.5. The second kappa shape index (κ2) is 4.07. The van der Waals surface area contributed by atoms with Crippen LogP contribution in [0.15, 0.2) is 60.5 Å². The van der Waals surface area contributed by atoms with Crippen molar-refractivity contribution in [2.24, 2.45) is 5.73 Å². The van der Waals surface area contributed by atoms with E-state index in [1.54, 1.807) is 24.3 Å². The van der Waals surface area contributed by atoms with Crippen LogP contribution >= 0.6 is 0 Å². The molecule has 0 heterocycles. The van der Waals surface area contributed by atoms with Gasteiger partial charge in [-0.3, -0.25) is 0 Å². The molecule has 2 aromatic carbocycles. The lowest BCUT2D eigenvalue weighted by molar-refractivity contribution is 0.871. The Balaban J connectivity index is 2.64. The van der Waals surface area contributed by atoms with Crippen LogP contribution < -0.4 is 5.73 Å². The Morgan fingerprint density at radius 3 is 2.21 bits per heavy atom. The first kappa shape index (κ1) is 4.76. The first-order chi connectivity index (χ1) is 8.95. The molecule has 0 aliphatic heterocycles. The van der Waals surface area contributed by atoms with Crippen LogP contribution in [-0.4, -0.2) is 0 Å². The van der Waals surface area contributed by atoms with Gasteiger partial charge < -0.3 is 5.73 Å². The minimum atomic E-state index is -0.741. The van der Waals surface area contributed by atoms with Gasteiger partial charge in [-0.15, -0.1) is 0 Å². The monoisotopic (exact) mass is 188 g/mol. The highest BCUT2D eigenvalue weighted by Crippen LogP contribution is 2.18. The summed E-state index contributed by atoms with van der Waals surface area (Å²) in [6.45, 7) is 0. The van der Waals surface area contributed by atoms with Crippen molar-refractivity contribution in [1.82, 2.24) is 0 Å². The quantitative estimate of drug-likeness (QED) is 0.770. The minimum absolute atomic E-state index is 0.122. The third-order valence-electron chi connectivity index (χ3n) is 1.99. The number of nitrogens with two attached hydrogens (primary N) is 1. The third-order valence-corrected chi connectivity index (χ3v) is 1.99. The van der Waals surface area contributed by atoms with Crippen LogP contribution in [0.2, 0.25) is 0 Å². The molecular formula is C13H13N. The van der Waals surface area contributed by atoms with Crippen LogP contribution in [0, 0.1) is 0 Å². The van der Waals surface area contributed by atoms with Crippen molar-refractivity contribution in [1.29, 1.82) is 0 Å². The van der Waals surface area contributed by atoms with Crippen molar-refractivity contribution in [2.45, 2.75) is 6.04 Å². The van der Waals surface area contributed by atoms with Gasteiger partial charge in [0.15, 0.2) is 0 Å². The van der Waals surface area contributed by atoms with Gasteiger partial charge in [-0.25, -0.2) is 0 Å². The highest BCUT2D eigenvalue weighted by molar-refractivity contribution is 5.30. The predicted molar refractivity (Wildman–Crippen MR) is 58.9 cm³/mol. The summed E-state index contributed by atoms with van der Waals surface area (Å²) in [6, 6.07) is 6.60. The molecule has 0 unspecified atom stereocenters. The van der Waals surface area contributed by atoms with Crippen molar-refractivity contribution < 1.29 is 6.85 Å². The summed E-state index contributed by atoms with van der Waals surface area (Å²) in [7, 11) is 0. The van der Waals surface area contributed by atoms with E-state index >= 15 is 0 Å². The van der Waals surface area contributed by atoms with Crippen LogP contribution in [0.5, 0.6) is 0 Å². The molecule has 1 atom stereocenters. The maximum Gasteiger partial charge on any atom is 0.0626 e. The summed E-state index contributed by atoms with van der Waals surface area (Å²) in [5, 5.41) is 0. The predicted octanol–water partition coefficient (Wildman–Crippen LogP) is 2.73. The van der Waals surface area contributed by atoms with E-state index in [4.69, 9.17) is 12.6 Å². The van der Waals surface area contributed by atoms with Crippen molar-refractivity contribution in [3.63, 3.8) is 0 Å². The highest BCUT2D eigenvalue weighted by atomic mass is 14.6. The Hall–Kier alpha value is -1.60. The van der Waals surface area contributed by atoms with Gasteiger partial charge in [0.25, 0.3) is 0 Å². The van der Waals surface area contributed by atoms with Gasteiger partial charge >= 0.3 is 0 Å². The molecule has 2 rings (SSSR count). The molecule has 0 spiro atoms. The van der Waals surface area contributed by atoms with Gasteiger partial charge in [-0.1, -0.05) is 60.5 Å². The molecule has 1 nitrogen and oxygen atoms in total. The van der Waals surface area contributed by atoms with Gasteiger partial charge in [0, 0.05) is 0 Å². The van der Waals surface area contributed by atoms with E-state index in [2.05, 4.69) is 0 Å². The smallest absolute Gasteiger partial charge is 0.0626 e. The van der Waals surface area contributed by atoms with Gasteiger partial charge in [0.1, 0.15) is 0 Å². The second-order valence-corrected chi connectivity index (χ2v) is 2.93. The van der Waals surface area contributed by atoms with Crippen molar-refractivity contribution >= 4 is 0 Å². The lowest BCUT2D eigenvalue weighted by Crippen LogP contribution is -2.11. The van der Waals surface area contributed by atoms with Gasteiger partial charge in [0.2, 0.25) is 0 Å². The average Bonchev–Trinajstić information content (AvgIpc) is 2.44. The van der Waals surface area contributed by atoms with E-state index in [0.29, 0.717) is 5.56 Å². The molecule has 0 aliphatic rings. The molecule has 0 bridgehead atoms. The molecule has 1 heteroatoms. The fraction of sp³-hybridized carbons (Fsp3) is 0.0769. The Labute approximate surface area is 91.2 Å². The molecule has 2 aromatic rings. The third kappa shape index (κ3) is 1.83. The minimum Gasteiger partial charge on any atom is -0.320 e. The molecule has 2 N–H and O–H groups in total. The SMILES string of the molecule is [2H]c1c([2H])c([2H])c([C@@H](N)c2ccccc2)c([2H])c1[2H]. The maximum atomic E-state index is 7.86. The standard InChI is InChI=1S/C13H13N/c14-13(11-7-3-1-4-8-11)12-9-5-2-6-10-12/h1-10,13H,14H2/i1D,3D,4D,7D,8D/t13-/m1/s1. The molecule has 0 saturated carbocycles. The van der Waals surface area contributed by atoms with E-state index in [1.807, 2.05) is 6.07 Å². The highest BCUT2D eigenvalue weighted by Gasteiger charge is 2.06.